The number of hydrogen-bond donors (Lipinski definition) is 2. The molecule has 1 atom stereocenters. The Hall–Kier alpha value is -2.24. The number of rotatable bonds is 4. The lowest BCUT2D eigenvalue weighted by Gasteiger charge is -2.36. The van der Waals surface area contributed by atoms with Gasteiger partial charge in [0, 0.05) is 57.2 Å². The largest absolute Gasteiger partial charge is 0.355 e. The van der Waals surface area contributed by atoms with Gasteiger partial charge in [-0.2, -0.15) is 0 Å². The quantitative estimate of drug-likeness (QED) is 0.900. The van der Waals surface area contributed by atoms with E-state index in [9.17, 15) is 4.79 Å². The van der Waals surface area contributed by atoms with Gasteiger partial charge in [-0.25, -0.2) is 0 Å². The third-order valence-corrected chi connectivity index (χ3v) is 4.27. The summed E-state index contributed by atoms with van der Waals surface area (Å²) in [5, 5.41) is 6.11. The fourth-order valence-corrected chi connectivity index (χ4v) is 2.99. The summed E-state index contributed by atoms with van der Waals surface area (Å²) in [6.45, 7) is 3.82. The van der Waals surface area contributed by atoms with Crippen LogP contribution in [0.4, 0.5) is 0 Å². The van der Waals surface area contributed by atoms with E-state index in [1.165, 1.54) is 11.1 Å². The Bertz CT molecular complexity index is 642. The topological polar surface area (TPSA) is 57.3 Å². The number of piperazine rings is 1. The molecule has 0 bridgehead atoms. The number of carbonyl (C=O) groups is 1. The average molecular weight is 310 g/mol. The molecule has 0 radical (unpaired) electrons. The maximum atomic E-state index is 11.6. The molecule has 1 unspecified atom stereocenters. The van der Waals surface area contributed by atoms with Crippen LogP contribution in [-0.2, 0) is 6.54 Å². The zero-order valence-electron chi connectivity index (χ0n) is 13.3. The van der Waals surface area contributed by atoms with E-state index in [1.807, 2.05) is 36.7 Å². The minimum absolute atomic E-state index is 0.0478. The second-order valence-corrected chi connectivity index (χ2v) is 5.75. The standard InChI is InChI=1S/C18H22N4O/c1-19-18(23)16-4-2-14(3-5-16)13-22-11-10-21-12-17(22)15-6-8-20-9-7-15/h2-9,17,21H,10-13H2,1H3,(H,19,23). The third kappa shape index (κ3) is 3.75. The normalized spacial score (nSPS) is 18.6. The molecule has 1 aromatic heterocycles. The van der Waals surface area contributed by atoms with Crippen molar-refractivity contribution >= 4 is 5.91 Å². The zero-order chi connectivity index (χ0) is 16.1. The van der Waals surface area contributed by atoms with Crippen LogP contribution in [0.1, 0.15) is 27.5 Å². The van der Waals surface area contributed by atoms with E-state index in [2.05, 4.69) is 32.7 Å². The molecule has 0 aliphatic carbocycles. The van der Waals surface area contributed by atoms with E-state index in [0.29, 0.717) is 11.6 Å². The maximum Gasteiger partial charge on any atom is 0.251 e. The first kappa shape index (κ1) is 15.6. The highest BCUT2D eigenvalue weighted by atomic mass is 16.1. The van der Waals surface area contributed by atoms with Gasteiger partial charge in [0.25, 0.3) is 5.91 Å². The Kier molecular flexibility index (Phi) is 5.00. The van der Waals surface area contributed by atoms with Crippen LogP contribution in [0.3, 0.4) is 0 Å². The monoisotopic (exact) mass is 310 g/mol. The maximum absolute atomic E-state index is 11.6. The highest BCUT2D eigenvalue weighted by Crippen LogP contribution is 2.23. The van der Waals surface area contributed by atoms with Gasteiger partial charge in [-0.15, -0.1) is 0 Å². The van der Waals surface area contributed by atoms with Crippen LogP contribution in [0.2, 0.25) is 0 Å². The first-order valence-electron chi connectivity index (χ1n) is 7.93. The highest BCUT2D eigenvalue weighted by Gasteiger charge is 2.23. The van der Waals surface area contributed by atoms with Crippen molar-refractivity contribution in [3.05, 3.63) is 65.5 Å². The molecule has 1 aliphatic heterocycles. The van der Waals surface area contributed by atoms with E-state index in [1.54, 1.807) is 7.05 Å². The summed E-state index contributed by atoms with van der Waals surface area (Å²) in [6.07, 6.45) is 3.69. The van der Waals surface area contributed by atoms with Gasteiger partial charge in [0.05, 0.1) is 0 Å². The first-order chi connectivity index (χ1) is 11.3. The van der Waals surface area contributed by atoms with E-state index in [4.69, 9.17) is 0 Å². The Morgan fingerprint density at radius 2 is 2.00 bits per heavy atom. The molecule has 1 aliphatic rings. The van der Waals surface area contributed by atoms with Gasteiger partial charge in [-0.3, -0.25) is 14.7 Å². The molecular formula is C18H22N4O. The van der Waals surface area contributed by atoms with E-state index >= 15 is 0 Å². The summed E-state index contributed by atoms with van der Waals surface area (Å²) < 4.78 is 0. The molecule has 2 heterocycles. The highest BCUT2D eigenvalue weighted by molar-refractivity contribution is 5.93. The van der Waals surface area contributed by atoms with Gasteiger partial charge in [-0.05, 0) is 35.4 Å². The predicted octanol–water partition coefficient (Wildman–Crippen LogP) is 1.59. The predicted molar refractivity (Wildman–Crippen MR) is 90.1 cm³/mol. The molecular weight excluding hydrogens is 288 g/mol. The van der Waals surface area contributed by atoms with Crippen molar-refractivity contribution in [3.8, 4) is 0 Å². The van der Waals surface area contributed by atoms with Crippen LogP contribution in [-0.4, -0.2) is 42.5 Å². The van der Waals surface area contributed by atoms with Gasteiger partial charge < -0.3 is 10.6 Å². The molecule has 1 saturated heterocycles. The Morgan fingerprint density at radius 3 is 2.70 bits per heavy atom. The van der Waals surface area contributed by atoms with Crippen molar-refractivity contribution in [1.82, 2.24) is 20.5 Å². The smallest absolute Gasteiger partial charge is 0.251 e. The lowest BCUT2D eigenvalue weighted by atomic mass is 10.0. The van der Waals surface area contributed by atoms with Crippen LogP contribution >= 0.6 is 0 Å². The Morgan fingerprint density at radius 1 is 1.26 bits per heavy atom. The number of amides is 1. The van der Waals surface area contributed by atoms with Crippen LogP contribution in [0, 0.1) is 0 Å². The molecule has 3 rings (SSSR count). The number of benzene rings is 1. The molecule has 5 nitrogen and oxygen atoms in total. The van der Waals surface area contributed by atoms with Crippen LogP contribution in [0.25, 0.3) is 0 Å². The molecule has 5 heteroatoms. The number of aromatic nitrogens is 1. The third-order valence-electron chi connectivity index (χ3n) is 4.27. The second-order valence-electron chi connectivity index (χ2n) is 5.75. The van der Waals surface area contributed by atoms with Crippen molar-refractivity contribution in [1.29, 1.82) is 0 Å². The van der Waals surface area contributed by atoms with Gasteiger partial charge in [0.2, 0.25) is 0 Å². The van der Waals surface area contributed by atoms with E-state index in [0.717, 1.165) is 26.2 Å². The molecule has 2 N–H and O–H groups in total. The summed E-state index contributed by atoms with van der Waals surface area (Å²) >= 11 is 0. The molecule has 0 spiro atoms. The minimum atomic E-state index is -0.0478. The van der Waals surface area contributed by atoms with Gasteiger partial charge >= 0.3 is 0 Å². The van der Waals surface area contributed by atoms with Crippen molar-refractivity contribution in [3.63, 3.8) is 0 Å². The summed E-state index contributed by atoms with van der Waals surface area (Å²) in [6, 6.07) is 12.4. The second kappa shape index (κ2) is 7.35. The minimum Gasteiger partial charge on any atom is -0.355 e. The number of pyridine rings is 1. The van der Waals surface area contributed by atoms with E-state index < -0.39 is 0 Å². The first-order valence-corrected chi connectivity index (χ1v) is 7.93. The summed E-state index contributed by atoms with van der Waals surface area (Å²) in [7, 11) is 1.65. The molecule has 2 aromatic rings. The van der Waals surface area contributed by atoms with Crippen LogP contribution in [0.5, 0.6) is 0 Å². The van der Waals surface area contributed by atoms with Crippen LogP contribution in [0.15, 0.2) is 48.8 Å². The molecule has 23 heavy (non-hydrogen) atoms. The molecule has 1 amide bonds. The lowest BCUT2D eigenvalue weighted by Crippen LogP contribution is -2.45. The Balaban J connectivity index is 1.73. The van der Waals surface area contributed by atoms with Crippen molar-refractivity contribution in [2.24, 2.45) is 0 Å². The number of hydrogen-bond acceptors (Lipinski definition) is 4. The fourth-order valence-electron chi connectivity index (χ4n) is 2.99. The number of carbonyl (C=O) groups excluding carboxylic acids is 1. The average Bonchev–Trinajstić information content (AvgIpc) is 2.63. The lowest BCUT2D eigenvalue weighted by molar-refractivity contribution is 0.0963. The van der Waals surface area contributed by atoms with Crippen molar-refractivity contribution in [2.75, 3.05) is 26.7 Å². The van der Waals surface area contributed by atoms with E-state index in [-0.39, 0.29) is 5.91 Å². The van der Waals surface area contributed by atoms with Gasteiger partial charge in [0.15, 0.2) is 0 Å². The van der Waals surface area contributed by atoms with Crippen LogP contribution < -0.4 is 10.6 Å². The van der Waals surface area contributed by atoms with Crippen molar-refractivity contribution < 1.29 is 4.79 Å². The molecule has 1 fully saturated rings. The van der Waals surface area contributed by atoms with Crippen molar-refractivity contribution in [2.45, 2.75) is 12.6 Å². The van der Waals surface area contributed by atoms with Gasteiger partial charge in [-0.1, -0.05) is 12.1 Å². The number of nitrogens with one attached hydrogen (secondary N) is 2. The number of nitrogens with zero attached hydrogens (tertiary/aromatic N) is 2. The molecule has 120 valence electrons. The molecule has 1 aromatic carbocycles. The summed E-state index contributed by atoms with van der Waals surface area (Å²) in [5.74, 6) is -0.0478. The Labute approximate surface area is 136 Å². The van der Waals surface area contributed by atoms with Gasteiger partial charge in [0.1, 0.15) is 0 Å². The summed E-state index contributed by atoms with van der Waals surface area (Å²) in [5.41, 5.74) is 3.20. The fraction of sp³-hybridized carbons (Fsp3) is 0.333. The molecule has 0 saturated carbocycles. The zero-order valence-corrected chi connectivity index (χ0v) is 13.3. The SMILES string of the molecule is CNC(=O)c1ccc(CN2CCNCC2c2ccncc2)cc1. The summed E-state index contributed by atoms with van der Waals surface area (Å²) in [4.78, 5) is 18.2.